The summed E-state index contributed by atoms with van der Waals surface area (Å²) in [5.74, 6) is 21.3. The van der Waals surface area contributed by atoms with E-state index in [0.717, 1.165) is 135 Å². The maximum atomic E-state index is 13.3. The highest BCUT2D eigenvalue weighted by Gasteiger charge is 2.62. The molecule has 21 rings (SSSR count). The third-order valence-electron chi connectivity index (χ3n) is 37.1. The van der Waals surface area contributed by atoms with E-state index in [4.69, 9.17) is 4.74 Å². The lowest BCUT2D eigenvalue weighted by Gasteiger charge is -2.54. The summed E-state index contributed by atoms with van der Waals surface area (Å²) in [7, 11) is 1.70. The van der Waals surface area contributed by atoms with Crippen LogP contribution in [0.1, 0.15) is 253 Å². The van der Waals surface area contributed by atoms with Crippen molar-refractivity contribution in [2.45, 2.75) is 302 Å². The van der Waals surface area contributed by atoms with Crippen LogP contribution >= 0.6 is 0 Å². The molecule has 0 spiro atoms. The third-order valence-corrected chi connectivity index (χ3v) is 37.1. The molecule has 0 saturated heterocycles. The minimum absolute atomic E-state index is 0.304. The summed E-state index contributed by atoms with van der Waals surface area (Å²) in [6.07, 6.45) is 54.3. The average molecular weight is 1630 g/mol. The van der Waals surface area contributed by atoms with Gasteiger partial charge in [0.05, 0.1) is 49.6 Å². The summed E-state index contributed by atoms with van der Waals surface area (Å²) in [6, 6.07) is 0. The van der Waals surface area contributed by atoms with Gasteiger partial charge in [0.15, 0.2) is 25.3 Å². The van der Waals surface area contributed by atoms with Gasteiger partial charge in [-0.1, -0.05) is 135 Å². The quantitative estimate of drug-likeness (QED) is 0.0636. The lowest BCUT2D eigenvalue weighted by atomic mass is 9.51. The van der Waals surface area contributed by atoms with E-state index in [1.807, 2.05) is 6.92 Å². The van der Waals surface area contributed by atoms with Crippen molar-refractivity contribution < 1.29 is 29.6 Å². The Labute approximate surface area is 706 Å². The van der Waals surface area contributed by atoms with Gasteiger partial charge in [-0.05, 0) is 380 Å². The number of hydrogen-bond acceptors (Lipinski definition) is 17. The van der Waals surface area contributed by atoms with Gasteiger partial charge in [0.1, 0.15) is 12.3 Å². The summed E-state index contributed by atoms with van der Waals surface area (Å²) < 4.78 is 18.6. The molecule has 4 heterocycles. The van der Waals surface area contributed by atoms with E-state index in [2.05, 4.69) is 152 Å². The zero-order chi connectivity index (χ0) is 82.6. The topological polar surface area (TPSA) is 265 Å². The molecular weight excluding hydrogens is 1490 g/mol. The second-order valence-electron chi connectivity index (χ2n) is 43.4. The number of tetrazole rings is 4. The summed E-state index contributed by atoms with van der Waals surface area (Å²) in [4.78, 5) is 6.67. The Morgan fingerprint density at radius 2 is 0.714 bits per heavy atom. The Bertz CT molecular complexity index is 4520. The maximum absolute atomic E-state index is 13.3. The van der Waals surface area contributed by atoms with Crippen LogP contribution in [0.3, 0.4) is 0 Å². The molecule has 0 amide bonds. The molecule has 0 aliphatic heterocycles. The monoisotopic (exact) mass is 1630 g/mol. The number of ether oxygens (including phenoxy) is 1. The zero-order valence-corrected chi connectivity index (χ0v) is 72.6. The molecule has 644 valence electrons. The van der Waals surface area contributed by atoms with Crippen LogP contribution in [0.5, 0.6) is 0 Å². The molecule has 4 aromatic rings. The zero-order valence-electron chi connectivity index (χ0n) is 72.6. The van der Waals surface area contributed by atoms with Crippen molar-refractivity contribution in [2.24, 2.45) is 146 Å². The van der Waals surface area contributed by atoms with Crippen molar-refractivity contribution in [1.82, 2.24) is 80.8 Å². The number of aromatic nitrogens is 16. The van der Waals surface area contributed by atoms with Crippen LogP contribution in [-0.4, -0.2) is 144 Å². The molecule has 17 aliphatic rings. The number of methoxy groups -OCH3 is 1. The Hall–Kier alpha value is -6.51. The van der Waals surface area contributed by atoms with Crippen LogP contribution in [0.2, 0.25) is 0 Å². The normalized spacial score (nSPS) is 43.5. The van der Waals surface area contributed by atoms with Crippen molar-refractivity contribution >= 4 is 0 Å². The van der Waals surface area contributed by atoms with Gasteiger partial charge in [-0.25, -0.2) is 4.39 Å². The summed E-state index contributed by atoms with van der Waals surface area (Å²) >= 11 is 0. The highest BCUT2D eigenvalue weighted by molar-refractivity contribution is 5.32. The number of hydrogen-bond donors (Lipinski definition) is 4. The van der Waals surface area contributed by atoms with Crippen molar-refractivity contribution in [3.05, 3.63) is 121 Å². The number of allylic oxidation sites excluding steroid dienone is 8. The van der Waals surface area contributed by atoms with Crippen molar-refractivity contribution in [3.8, 4) is 11.8 Å². The van der Waals surface area contributed by atoms with Crippen LogP contribution in [0.4, 0.5) is 4.39 Å². The molecule has 0 radical (unpaired) electrons. The van der Waals surface area contributed by atoms with Crippen LogP contribution in [0, 0.1) is 158 Å². The third kappa shape index (κ3) is 15.9. The van der Waals surface area contributed by atoms with E-state index in [0.29, 0.717) is 121 Å². The van der Waals surface area contributed by atoms with Gasteiger partial charge in [-0.2, -0.15) is 19.2 Å². The van der Waals surface area contributed by atoms with Crippen molar-refractivity contribution in [1.29, 1.82) is 0 Å². The minimum Gasteiger partial charge on any atom is -0.390 e. The van der Waals surface area contributed by atoms with Crippen LogP contribution in [-0.2, 0) is 30.9 Å². The summed E-state index contributed by atoms with van der Waals surface area (Å²) in [6.45, 7) is 32.6. The van der Waals surface area contributed by atoms with Crippen LogP contribution in [0.15, 0.2) is 121 Å². The first-order valence-corrected chi connectivity index (χ1v) is 47.0. The Morgan fingerprint density at radius 3 is 1.04 bits per heavy atom. The van der Waals surface area contributed by atoms with Crippen LogP contribution in [0.25, 0.3) is 0 Å². The van der Waals surface area contributed by atoms with Gasteiger partial charge in [-0.15, -0.1) is 40.8 Å². The van der Waals surface area contributed by atoms with Gasteiger partial charge in [0.2, 0.25) is 0 Å². The van der Waals surface area contributed by atoms with Crippen molar-refractivity contribution in [2.75, 3.05) is 20.4 Å². The maximum Gasteiger partial charge on any atom is 0.162 e. The fourth-order valence-corrected chi connectivity index (χ4v) is 31.5. The largest absolute Gasteiger partial charge is 0.390 e. The molecular formula is C97H139FN16O5. The van der Waals surface area contributed by atoms with Crippen LogP contribution < -0.4 is 0 Å². The predicted octanol–water partition coefficient (Wildman–Crippen LogP) is 16.6. The fraction of sp³-hybridized carbons (Fsp3) is 0.773. The Morgan fingerprint density at radius 1 is 0.395 bits per heavy atom. The van der Waals surface area contributed by atoms with Gasteiger partial charge in [-0.3, -0.25) is 0 Å². The van der Waals surface area contributed by atoms with E-state index in [1.54, 1.807) is 31.9 Å². The smallest absolute Gasteiger partial charge is 0.162 e. The molecule has 0 unspecified atom stereocenters. The lowest BCUT2D eigenvalue weighted by molar-refractivity contribution is -0.0676. The number of alkyl halides is 1. The molecule has 0 aromatic carbocycles. The first kappa shape index (κ1) is 83.4. The van der Waals surface area contributed by atoms with E-state index in [1.165, 1.54) is 206 Å². The predicted molar refractivity (Wildman–Crippen MR) is 454 cm³/mol. The standard InChI is InChI=1S/C27H36N4O.C24H36N4O2.C23H33FN4O.C23H34N4O/c1-18(16-31-29-17-28-30-31)24-7-8-25-23-6-5-20-15-27(32,13-9-19-3-4-19)14-11-21(20)22(23)10-12-26(24,25)2;1-16(13-28-26-15-25-27-28)21-6-7-22-20-5-4-17-12-24(29,14-30-3)11-9-18(17)19(20)8-10-23(21,22)2;1-15(12-28-26-14-25-27-28)20-5-6-21-19-4-3-16-11-23(29,13-24)10-8-17(16)18(19)7-9-22(20,21)2;1-15(13-27-25-14-24-26-27)20-6-7-21-19-5-4-16-12-22(2,28)10-8-17(16)18(19)9-11-23(20,21)3/h5,17,19,21-25,32H,1,3-4,6-8,10-12,14-16H2,2H3;4,15,18-22,29H,1,5-14H2,2-3H3;3,14,17-21,29H,1,4-13H2,2H3;4,14,17-21,28H,1,5-13H2,2-3H3/t21-,22+,23+,24+,25-,26+,27+;18-,19+,20+,21+,22-,23+,24+;2*17-,18+,19+,20+,21-,22+,23+/m0000/s1. The number of rotatable bonds is 15. The molecule has 119 heavy (non-hydrogen) atoms. The van der Waals surface area contributed by atoms with E-state index in [9.17, 15) is 24.8 Å². The second kappa shape index (κ2) is 32.9. The molecule has 13 saturated carbocycles. The van der Waals surface area contributed by atoms with E-state index >= 15 is 0 Å². The molecule has 22 heteroatoms. The Kier molecular flexibility index (Phi) is 23.0. The molecule has 4 N–H and O–H groups in total. The highest BCUT2D eigenvalue weighted by atomic mass is 19.1. The number of fused-ring (bicyclic) bond motifs is 20. The molecule has 28 atom stereocenters. The minimum atomic E-state index is -1.11. The van der Waals surface area contributed by atoms with Crippen molar-refractivity contribution in [3.63, 3.8) is 0 Å². The molecule has 21 nitrogen and oxygen atoms in total. The summed E-state index contributed by atoms with van der Waals surface area (Å²) in [5, 5.41) is 91.3. The molecule has 13 fully saturated rings. The fourth-order valence-electron chi connectivity index (χ4n) is 31.5. The highest BCUT2D eigenvalue weighted by Crippen LogP contribution is 2.70. The molecule has 17 aliphatic carbocycles. The van der Waals surface area contributed by atoms with Gasteiger partial charge < -0.3 is 25.2 Å². The first-order valence-electron chi connectivity index (χ1n) is 47.0. The first-order chi connectivity index (χ1) is 57.2. The SMILES string of the molecule is C=C(Cn1ncnn1)[C@H]1CC[C@H]2[C@@H]3CC=C4C[C@@](O)(C#CC5CC5)CC[C@@H]4[C@H]3CC[C@]12C.C=C(Cn1ncnn1)[C@H]1CC[C@H]2[C@@H]3CC=C4C[C@@](O)(CF)CC[C@@H]4[C@H]3CC[C@]12C.C=C(Cn1ncnn1)[C@H]1CC[C@H]2[C@@H]3CC=C4C[C@@](O)(COC)CC[C@@H]4[C@H]3CC[C@]12C.C=C(Cn1ncnn1)[C@H]1CC[C@H]2[C@@H]3CC=C4C[C@](C)(O)CC[C@@H]4[C@H]3CC[C@]12C. The second-order valence-corrected chi connectivity index (χ2v) is 43.4. The van der Waals surface area contributed by atoms with E-state index in [-0.39, 0.29) is 0 Å². The average Bonchev–Trinajstić information content (AvgIpc) is 1.65. The van der Waals surface area contributed by atoms with Gasteiger partial charge in [0.25, 0.3) is 0 Å². The summed E-state index contributed by atoms with van der Waals surface area (Å²) in [5.41, 5.74) is 9.35. The number of halogens is 1. The number of aliphatic hydroxyl groups is 4. The van der Waals surface area contributed by atoms with E-state index < -0.39 is 29.1 Å². The van der Waals surface area contributed by atoms with Gasteiger partial charge in [0, 0.05) is 19.4 Å². The molecule has 4 aromatic heterocycles. The van der Waals surface area contributed by atoms with Gasteiger partial charge >= 0.3 is 0 Å². The lowest BCUT2D eigenvalue weighted by Crippen LogP contribution is -2.48. The number of nitrogens with zero attached hydrogens (tertiary/aromatic N) is 16. The molecule has 0 bridgehead atoms. The Balaban J connectivity index is 0.000000109.